The Hall–Kier alpha value is -1.17. The van der Waals surface area contributed by atoms with Crippen LogP contribution in [-0.2, 0) is 4.74 Å². The van der Waals surface area contributed by atoms with Gasteiger partial charge in [0.2, 0.25) is 0 Å². The number of halogens is 1. The normalized spacial score (nSPS) is 9.94. The van der Waals surface area contributed by atoms with Gasteiger partial charge in [0.05, 0.1) is 18.5 Å². The molecule has 0 aromatic carbocycles. The molecule has 1 rings (SSSR count). The van der Waals surface area contributed by atoms with E-state index in [1.807, 2.05) is 6.92 Å². The Morgan fingerprint density at radius 3 is 3.00 bits per heavy atom. The van der Waals surface area contributed by atoms with Crippen LogP contribution >= 0.6 is 15.9 Å². The molecule has 0 spiro atoms. The number of unbranched alkanes of at least 4 members (excludes halogenated alkanes) is 1. The van der Waals surface area contributed by atoms with E-state index < -0.39 is 6.09 Å². The molecular formula is C10H14BrN3O2. The van der Waals surface area contributed by atoms with Gasteiger partial charge in [-0.3, -0.25) is 5.32 Å². The van der Waals surface area contributed by atoms with Crippen LogP contribution in [0.3, 0.4) is 0 Å². The maximum Gasteiger partial charge on any atom is 0.412 e. The smallest absolute Gasteiger partial charge is 0.412 e. The second-order valence-corrected chi connectivity index (χ2v) is 4.05. The Labute approximate surface area is 103 Å². The molecule has 16 heavy (non-hydrogen) atoms. The van der Waals surface area contributed by atoms with Crippen LogP contribution in [0.5, 0.6) is 0 Å². The lowest BCUT2D eigenvalue weighted by atomic mass is 10.4. The molecule has 5 nitrogen and oxygen atoms in total. The van der Waals surface area contributed by atoms with Crippen molar-refractivity contribution in [3.63, 3.8) is 0 Å². The fraction of sp³-hybridized carbons (Fsp3) is 0.500. The number of carbonyl (C=O) groups excluding carboxylic acids is 1. The van der Waals surface area contributed by atoms with Crippen molar-refractivity contribution in [1.29, 1.82) is 0 Å². The highest BCUT2D eigenvalue weighted by Gasteiger charge is 2.07. The van der Waals surface area contributed by atoms with Gasteiger partial charge < -0.3 is 4.74 Å². The molecule has 0 bridgehead atoms. The average Bonchev–Trinajstić information content (AvgIpc) is 2.23. The molecule has 0 saturated carbocycles. The number of carbonyl (C=O) groups is 1. The lowest BCUT2D eigenvalue weighted by Gasteiger charge is -2.07. The highest BCUT2D eigenvalue weighted by molar-refractivity contribution is 9.10. The molecule has 1 aromatic heterocycles. The molecule has 0 atom stereocenters. The summed E-state index contributed by atoms with van der Waals surface area (Å²) in [5.74, 6) is 0.421. The second-order valence-electron chi connectivity index (χ2n) is 3.24. The third kappa shape index (κ3) is 4.14. The minimum absolute atomic E-state index is 0.421. The highest BCUT2D eigenvalue weighted by Crippen LogP contribution is 2.12. The van der Waals surface area contributed by atoms with Crippen LogP contribution in [0.1, 0.15) is 25.5 Å². The molecule has 1 N–H and O–H groups in total. The number of anilines is 1. The Morgan fingerprint density at radius 2 is 2.38 bits per heavy atom. The minimum Gasteiger partial charge on any atom is -0.449 e. The van der Waals surface area contributed by atoms with E-state index in [4.69, 9.17) is 4.74 Å². The number of aromatic nitrogens is 2. The second kappa shape index (κ2) is 6.42. The van der Waals surface area contributed by atoms with Crippen LogP contribution in [0.2, 0.25) is 0 Å². The van der Waals surface area contributed by atoms with Crippen molar-refractivity contribution in [3.8, 4) is 0 Å². The zero-order chi connectivity index (χ0) is 12.0. The third-order valence-corrected chi connectivity index (χ3v) is 2.25. The van der Waals surface area contributed by atoms with E-state index in [-0.39, 0.29) is 0 Å². The Bertz CT molecular complexity index is 371. The lowest BCUT2D eigenvalue weighted by Crippen LogP contribution is -2.16. The molecule has 6 heteroatoms. The number of hydrogen-bond donors (Lipinski definition) is 1. The lowest BCUT2D eigenvalue weighted by molar-refractivity contribution is 0.159. The van der Waals surface area contributed by atoms with E-state index in [0.29, 0.717) is 22.7 Å². The molecule has 88 valence electrons. The summed E-state index contributed by atoms with van der Waals surface area (Å²) in [5.41, 5.74) is 0.641. The average molecular weight is 288 g/mol. The molecule has 1 heterocycles. The van der Waals surface area contributed by atoms with Crippen molar-refractivity contribution in [2.45, 2.75) is 26.7 Å². The minimum atomic E-state index is -0.492. The maximum atomic E-state index is 11.3. The van der Waals surface area contributed by atoms with Crippen LogP contribution in [0.4, 0.5) is 10.6 Å². The molecule has 0 aliphatic heterocycles. The van der Waals surface area contributed by atoms with Crippen molar-refractivity contribution in [2.75, 3.05) is 11.9 Å². The molecule has 0 aliphatic carbocycles. The fourth-order valence-electron chi connectivity index (χ4n) is 1.02. The summed E-state index contributed by atoms with van der Waals surface area (Å²) in [4.78, 5) is 19.4. The maximum absolute atomic E-state index is 11.3. The van der Waals surface area contributed by atoms with Gasteiger partial charge in [0, 0.05) is 0 Å². The molecule has 0 unspecified atom stereocenters. The van der Waals surface area contributed by atoms with E-state index in [2.05, 4.69) is 31.2 Å². The molecule has 0 fully saturated rings. The number of rotatable bonds is 4. The molecular weight excluding hydrogens is 274 g/mol. The van der Waals surface area contributed by atoms with Crippen molar-refractivity contribution >= 4 is 27.8 Å². The van der Waals surface area contributed by atoms with Crippen LogP contribution in [0.25, 0.3) is 0 Å². The van der Waals surface area contributed by atoms with Crippen molar-refractivity contribution in [1.82, 2.24) is 9.97 Å². The summed E-state index contributed by atoms with van der Waals surface area (Å²) >= 11 is 3.20. The van der Waals surface area contributed by atoms with Crippen molar-refractivity contribution in [3.05, 3.63) is 16.5 Å². The molecule has 0 aliphatic rings. The fourth-order valence-corrected chi connectivity index (χ4v) is 1.39. The van der Waals surface area contributed by atoms with Gasteiger partial charge in [-0.2, -0.15) is 0 Å². The summed E-state index contributed by atoms with van der Waals surface area (Å²) in [6.45, 7) is 4.22. The van der Waals surface area contributed by atoms with Gasteiger partial charge in [0.25, 0.3) is 0 Å². The number of hydrogen-bond acceptors (Lipinski definition) is 4. The first-order valence-corrected chi connectivity index (χ1v) is 5.85. The van der Waals surface area contributed by atoms with Crippen molar-refractivity contribution < 1.29 is 9.53 Å². The van der Waals surface area contributed by atoms with Gasteiger partial charge in [-0.05, 0) is 29.3 Å². The van der Waals surface area contributed by atoms with Crippen molar-refractivity contribution in [2.24, 2.45) is 0 Å². The number of nitrogens with zero attached hydrogens (tertiary/aromatic N) is 2. The quantitative estimate of drug-likeness (QED) is 0.865. The van der Waals surface area contributed by atoms with E-state index >= 15 is 0 Å². The standard InChI is InChI=1S/C10H14BrN3O2/c1-3-4-5-16-10(15)14-9-7(2)13-8(11)6-12-9/h6H,3-5H2,1-2H3,(H,12,14,15). The zero-order valence-corrected chi connectivity index (χ0v) is 10.9. The Morgan fingerprint density at radius 1 is 1.62 bits per heavy atom. The van der Waals surface area contributed by atoms with Crippen LogP contribution in [0.15, 0.2) is 10.8 Å². The Kier molecular flexibility index (Phi) is 5.18. The SMILES string of the molecule is CCCCOC(=O)Nc1ncc(Br)nc1C. The summed E-state index contributed by atoms with van der Waals surface area (Å²) in [6.07, 6.45) is 2.88. The van der Waals surface area contributed by atoms with Crippen LogP contribution < -0.4 is 5.32 Å². The summed E-state index contributed by atoms with van der Waals surface area (Å²) in [7, 11) is 0. The Balaban J connectivity index is 2.49. The molecule has 1 aromatic rings. The molecule has 1 amide bonds. The van der Waals surface area contributed by atoms with Gasteiger partial charge in [-0.1, -0.05) is 13.3 Å². The van der Waals surface area contributed by atoms with E-state index in [1.54, 1.807) is 6.92 Å². The molecule has 0 radical (unpaired) electrons. The van der Waals surface area contributed by atoms with Gasteiger partial charge >= 0.3 is 6.09 Å². The third-order valence-electron chi connectivity index (χ3n) is 1.87. The van der Waals surface area contributed by atoms with E-state index in [1.165, 1.54) is 6.20 Å². The van der Waals surface area contributed by atoms with E-state index in [0.717, 1.165) is 12.8 Å². The number of nitrogens with one attached hydrogen (secondary N) is 1. The van der Waals surface area contributed by atoms with Gasteiger partial charge in [-0.15, -0.1) is 0 Å². The predicted octanol–water partition coefficient (Wildman–Crippen LogP) is 2.90. The van der Waals surface area contributed by atoms with Gasteiger partial charge in [0.1, 0.15) is 4.60 Å². The number of amides is 1. The molecule has 0 saturated heterocycles. The monoisotopic (exact) mass is 287 g/mol. The highest BCUT2D eigenvalue weighted by atomic mass is 79.9. The predicted molar refractivity (Wildman–Crippen MR) is 64.3 cm³/mol. The zero-order valence-electron chi connectivity index (χ0n) is 9.29. The number of aryl methyl sites for hydroxylation is 1. The summed E-state index contributed by atoms with van der Waals surface area (Å²) in [6, 6.07) is 0. The summed E-state index contributed by atoms with van der Waals surface area (Å²) in [5, 5.41) is 2.54. The first-order valence-electron chi connectivity index (χ1n) is 5.06. The first kappa shape index (κ1) is 12.9. The topological polar surface area (TPSA) is 64.1 Å². The summed E-state index contributed by atoms with van der Waals surface area (Å²) < 4.78 is 5.58. The van der Waals surface area contributed by atoms with E-state index in [9.17, 15) is 4.79 Å². The largest absolute Gasteiger partial charge is 0.449 e. The van der Waals surface area contributed by atoms with Gasteiger partial charge in [-0.25, -0.2) is 14.8 Å². The van der Waals surface area contributed by atoms with Crippen LogP contribution in [-0.4, -0.2) is 22.7 Å². The van der Waals surface area contributed by atoms with Gasteiger partial charge in [0.15, 0.2) is 5.82 Å². The number of ether oxygens (including phenoxy) is 1. The van der Waals surface area contributed by atoms with Crippen LogP contribution in [0, 0.1) is 6.92 Å². The first-order chi connectivity index (χ1) is 7.63.